The standard InChI is InChI=1S/C10H18N4/c1-6-4-11-5-9(12-6)10-7(2)13-14-8(10)3/h6,9,11-12H,4-5H2,1-3H3,(H,13,14). The Hall–Kier alpha value is -0.870. The van der Waals surface area contributed by atoms with Crippen LogP contribution in [0.4, 0.5) is 0 Å². The Morgan fingerprint density at radius 1 is 1.29 bits per heavy atom. The second-order valence-corrected chi connectivity index (χ2v) is 4.13. The van der Waals surface area contributed by atoms with Crippen LogP contribution >= 0.6 is 0 Å². The SMILES string of the molecule is Cc1n[nH]c(C)c1C1CNCC(C)N1. The van der Waals surface area contributed by atoms with Crippen LogP contribution in [0.25, 0.3) is 0 Å². The van der Waals surface area contributed by atoms with E-state index in [2.05, 4.69) is 41.6 Å². The minimum absolute atomic E-state index is 0.400. The van der Waals surface area contributed by atoms with Crippen molar-refractivity contribution < 1.29 is 0 Å². The highest BCUT2D eigenvalue weighted by Crippen LogP contribution is 2.20. The molecule has 0 spiro atoms. The van der Waals surface area contributed by atoms with Gasteiger partial charge in [-0.1, -0.05) is 0 Å². The molecule has 1 aliphatic heterocycles. The summed E-state index contributed by atoms with van der Waals surface area (Å²) in [4.78, 5) is 0. The number of aromatic nitrogens is 2. The lowest BCUT2D eigenvalue weighted by atomic mass is 10.0. The van der Waals surface area contributed by atoms with E-state index in [1.807, 2.05) is 0 Å². The van der Waals surface area contributed by atoms with Gasteiger partial charge in [0.25, 0.3) is 0 Å². The largest absolute Gasteiger partial charge is 0.313 e. The number of nitrogens with one attached hydrogen (secondary N) is 3. The Labute approximate surface area is 84.5 Å². The molecule has 2 atom stereocenters. The number of nitrogens with zero attached hydrogens (tertiary/aromatic N) is 1. The Kier molecular flexibility index (Phi) is 2.56. The van der Waals surface area contributed by atoms with E-state index in [0.717, 1.165) is 18.8 Å². The molecule has 2 unspecified atom stereocenters. The second-order valence-electron chi connectivity index (χ2n) is 4.13. The summed E-state index contributed by atoms with van der Waals surface area (Å²) in [5, 5.41) is 14.3. The van der Waals surface area contributed by atoms with E-state index in [0.29, 0.717) is 12.1 Å². The van der Waals surface area contributed by atoms with Gasteiger partial charge in [-0.25, -0.2) is 0 Å². The molecule has 1 saturated heterocycles. The summed E-state index contributed by atoms with van der Waals surface area (Å²) in [6, 6.07) is 0.931. The van der Waals surface area contributed by atoms with Crippen molar-refractivity contribution in [3.05, 3.63) is 17.0 Å². The second kappa shape index (κ2) is 3.71. The van der Waals surface area contributed by atoms with E-state index in [1.165, 1.54) is 11.3 Å². The van der Waals surface area contributed by atoms with Crippen molar-refractivity contribution in [2.75, 3.05) is 13.1 Å². The van der Waals surface area contributed by atoms with Crippen molar-refractivity contribution in [3.8, 4) is 0 Å². The molecule has 0 amide bonds. The third kappa shape index (κ3) is 1.67. The zero-order chi connectivity index (χ0) is 10.1. The van der Waals surface area contributed by atoms with Gasteiger partial charge in [-0.2, -0.15) is 5.10 Å². The zero-order valence-electron chi connectivity index (χ0n) is 9.02. The van der Waals surface area contributed by atoms with E-state index >= 15 is 0 Å². The molecule has 0 saturated carbocycles. The predicted molar refractivity (Wildman–Crippen MR) is 56.3 cm³/mol. The topological polar surface area (TPSA) is 52.7 Å². The Morgan fingerprint density at radius 2 is 2.07 bits per heavy atom. The van der Waals surface area contributed by atoms with Crippen LogP contribution in [-0.2, 0) is 0 Å². The van der Waals surface area contributed by atoms with Crippen molar-refractivity contribution in [3.63, 3.8) is 0 Å². The molecule has 78 valence electrons. The molecule has 0 radical (unpaired) electrons. The molecular weight excluding hydrogens is 176 g/mol. The molecule has 1 aromatic heterocycles. The maximum absolute atomic E-state index is 4.22. The van der Waals surface area contributed by atoms with Gasteiger partial charge in [-0.3, -0.25) is 5.10 Å². The van der Waals surface area contributed by atoms with Crippen LogP contribution in [0.2, 0.25) is 0 Å². The van der Waals surface area contributed by atoms with Crippen LogP contribution in [0.5, 0.6) is 0 Å². The number of hydrogen-bond donors (Lipinski definition) is 3. The molecule has 4 nitrogen and oxygen atoms in total. The van der Waals surface area contributed by atoms with Crippen LogP contribution in [-0.4, -0.2) is 29.3 Å². The number of hydrogen-bond acceptors (Lipinski definition) is 3. The molecule has 3 N–H and O–H groups in total. The van der Waals surface area contributed by atoms with Gasteiger partial charge in [0, 0.05) is 36.4 Å². The third-order valence-electron chi connectivity index (χ3n) is 2.82. The Balaban J connectivity index is 2.21. The van der Waals surface area contributed by atoms with Crippen LogP contribution in [0.3, 0.4) is 0 Å². The first-order valence-electron chi connectivity index (χ1n) is 5.16. The molecule has 0 aromatic carbocycles. The molecule has 1 aromatic rings. The van der Waals surface area contributed by atoms with Crippen LogP contribution in [0.15, 0.2) is 0 Å². The first kappa shape index (κ1) is 9.68. The summed E-state index contributed by atoms with van der Waals surface area (Å²) in [5.74, 6) is 0. The maximum atomic E-state index is 4.22. The smallest absolute Gasteiger partial charge is 0.0642 e. The summed E-state index contributed by atoms with van der Waals surface area (Å²) in [6.07, 6.45) is 0. The molecule has 0 aliphatic carbocycles. The van der Waals surface area contributed by atoms with Gasteiger partial charge in [0.2, 0.25) is 0 Å². The summed E-state index contributed by atoms with van der Waals surface area (Å²) >= 11 is 0. The van der Waals surface area contributed by atoms with Gasteiger partial charge in [0.15, 0.2) is 0 Å². The highest BCUT2D eigenvalue weighted by atomic mass is 15.1. The molecule has 0 bridgehead atoms. The Morgan fingerprint density at radius 3 is 2.64 bits per heavy atom. The molecule has 14 heavy (non-hydrogen) atoms. The molecule has 4 heteroatoms. The minimum Gasteiger partial charge on any atom is -0.313 e. The van der Waals surface area contributed by atoms with Gasteiger partial charge in [0.1, 0.15) is 0 Å². The van der Waals surface area contributed by atoms with E-state index in [4.69, 9.17) is 0 Å². The normalized spacial score (nSPS) is 27.9. The van der Waals surface area contributed by atoms with E-state index < -0.39 is 0 Å². The average Bonchev–Trinajstić information content (AvgIpc) is 2.46. The Bertz CT molecular complexity index is 298. The fourth-order valence-corrected chi connectivity index (χ4v) is 2.16. The number of rotatable bonds is 1. The summed E-state index contributed by atoms with van der Waals surface area (Å²) in [7, 11) is 0. The highest BCUT2D eigenvalue weighted by Gasteiger charge is 2.23. The summed E-state index contributed by atoms with van der Waals surface area (Å²) in [5.41, 5.74) is 3.61. The highest BCUT2D eigenvalue weighted by molar-refractivity contribution is 5.28. The van der Waals surface area contributed by atoms with E-state index in [9.17, 15) is 0 Å². The van der Waals surface area contributed by atoms with Gasteiger partial charge >= 0.3 is 0 Å². The third-order valence-corrected chi connectivity index (χ3v) is 2.82. The zero-order valence-corrected chi connectivity index (χ0v) is 9.02. The van der Waals surface area contributed by atoms with Gasteiger partial charge in [-0.15, -0.1) is 0 Å². The minimum atomic E-state index is 0.400. The molecule has 2 heterocycles. The molecule has 2 rings (SSSR count). The van der Waals surface area contributed by atoms with E-state index in [-0.39, 0.29) is 0 Å². The van der Waals surface area contributed by atoms with Gasteiger partial charge < -0.3 is 10.6 Å². The molecule has 1 aliphatic rings. The first-order valence-corrected chi connectivity index (χ1v) is 5.16. The monoisotopic (exact) mass is 194 g/mol. The molecule has 1 fully saturated rings. The van der Waals surface area contributed by atoms with Crippen molar-refractivity contribution in [1.82, 2.24) is 20.8 Å². The van der Waals surface area contributed by atoms with Crippen LogP contribution < -0.4 is 10.6 Å². The van der Waals surface area contributed by atoms with Crippen molar-refractivity contribution in [2.24, 2.45) is 0 Å². The molecular formula is C10H18N4. The van der Waals surface area contributed by atoms with E-state index in [1.54, 1.807) is 0 Å². The summed E-state index contributed by atoms with van der Waals surface area (Å²) < 4.78 is 0. The fourth-order valence-electron chi connectivity index (χ4n) is 2.16. The number of piperazine rings is 1. The van der Waals surface area contributed by atoms with Gasteiger partial charge in [-0.05, 0) is 20.8 Å². The van der Waals surface area contributed by atoms with Crippen LogP contribution in [0, 0.1) is 13.8 Å². The quantitative estimate of drug-likeness (QED) is 0.615. The fraction of sp³-hybridized carbons (Fsp3) is 0.700. The lowest BCUT2D eigenvalue weighted by molar-refractivity contribution is 0.358. The van der Waals surface area contributed by atoms with Crippen LogP contribution in [0.1, 0.15) is 29.9 Å². The number of aromatic amines is 1. The van der Waals surface area contributed by atoms with Gasteiger partial charge in [0.05, 0.1) is 5.69 Å². The van der Waals surface area contributed by atoms with Crippen molar-refractivity contribution in [2.45, 2.75) is 32.9 Å². The number of H-pyrrole nitrogens is 1. The first-order chi connectivity index (χ1) is 6.68. The predicted octanol–water partition coefficient (Wildman–Crippen LogP) is 0.649. The van der Waals surface area contributed by atoms with Crippen molar-refractivity contribution in [1.29, 1.82) is 0 Å². The summed E-state index contributed by atoms with van der Waals surface area (Å²) in [6.45, 7) is 8.37. The average molecular weight is 194 g/mol. The maximum Gasteiger partial charge on any atom is 0.0642 e. The van der Waals surface area contributed by atoms with Crippen molar-refractivity contribution >= 4 is 0 Å². The number of aryl methyl sites for hydroxylation is 2. The lowest BCUT2D eigenvalue weighted by Gasteiger charge is -2.30. The lowest BCUT2D eigenvalue weighted by Crippen LogP contribution is -2.48.